The number of nitrogens with zero attached hydrogens (tertiary/aromatic N) is 1. The average molecular weight is 225 g/mol. The number of benzene rings is 2. The van der Waals surface area contributed by atoms with E-state index in [1.165, 1.54) is 0 Å². The molecule has 0 unspecified atom stereocenters. The summed E-state index contributed by atoms with van der Waals surface area (Å²) < 4.78 is 0. The number of rotatable bonds is 3. The minimum absolute atomic E-state index is 0.266. The molecule has 0 spiro atoms. The third-order valence-electron chi connectivity index (χ3n) is 2.55. The minimum atomic E-state index is 0.266. The van der Waals surface area contributed by atoms with E-state index in [2.05, 4.69) is 4.99 Å². The molecule has 1 N–H and O–H groups in total. The van der Waals surface area contributed by atoms with E-state index in [0.29, 0.717) is 0 Å². The Morgan fingerprint density at radius 3 is 2.53 bits per heavy atom. The zero-order valence-corrected chi connectivity index (χ0v) is 9.80. The Bertz CT molecular complexity index is 518. The average Bonchev–Trinajstić information content (AvgIpc) is 2.39. The standard InChI is InChI=1S/C15H15NO/c1-2-16-11-14-10-13(8-9-15(14)17)12-6-4-3-5-7-12/h3-11,17H,2H2,1H3. The van der Waals surface area contributed by atoms with Crippen molar-refractivity contribution in [3.63, 3.8) is 0 Å². The van der Waals surface area contributed by atoms with Crippen LogP contribution in [0.4, 0.5) is 0 Å². The molecule has 0 heterocycles. The SMILES string of the molecule is CCN=Cc1cc(-c2ccccc2)ccc1O. The summed E-state index contributed by atoms with van der Waals surface area (Å²) >= 11 is 0. The molecule has 0 bridgehead atoms. The number of aromatic hydroxyl groups is 1. The fraction of sp³-hybridized carbons (Fsp3) is 0.133. The molecule has 0 saturated carbocycles. The molecule has 0 aliphatic rings. The molecule has 2 aromatic carbocycles. The fourth-order valence-corrected chi connectivity index (χ4v) is 1.66. The van der Waals surface area contributed by atoms with Crippen LogP contribution in [0.15, 0.2) is 53.5 Å². The summed E-state index contributed by atoms with van der Waals surface area (Å²) in [6.07, 6.45) is 1.71. The van der Waals surface area contributed by atoms with Gasteiger partial charge in [0.05, 0.1) is 0 Å². The van der Waals surface area contributed by atoms with Crippen LogP contribution in [0.25, 0.3) is 11.1 Å². The monoisotopic (exact) mass is 225 g/mol. The highest BCUT2D eigenvalue weighted by atomic mass is 16.3. The number of phenolic OH excluding ortho intramolecular Hbond substituents is 1. The summed E-state index contributed by atoms with van der Waals surface area (Å²) in [5, 5.41) is 9.72. The highest BCUT2D eigenvalue weighted by Crippen LogP contribution is 2.24. The lowest BCUT2D eigenvalue weighted by molar-refractivity contribution is 0.474. The maximum Gasteiger partial charge on any atom is 0.124 e. The van der Waals surface area contributed by atoms with Crippen LogP contribution in [0.2, 0.25) is 0 Å². The van der Waals surface area contributed by atoms with Crippen LogP contribution in [0.1, 0.15) is 12.5 Å². The van der Waals surface area contributed by atoms with Crippen molar-refractivity contribution in [3.8, 4) is 16.9 Å². The molecule has 2 nitrogen and oxygen atoms in total. The lowest BCUT2D eigenvalue weighted by atomic mass is 10.0. The van der Waals surface area contributed by atoms with Crippen molar-refractivity contribution in [1.29, 1.82) is 0 Å². The van der Waals surface area contributed by atoms with Crippen molar-refractivity contribution in [3.05, 3.63) is 54.1 Å². The summed E-state index contributed by atoms with van der Waals surface area (Å²) in [6.45, 7) is 2.68. The van der Waals surface area contributed by atoms with Gasteiger partial charge in [-0.05, 0) is 30.2 Å². The molecule has 0 aromatic heterocycles. The van der Waals surface area contributed by atoms with Crippen LogP contribution in [0, 0.1) is 0 Å². The Kier molecular flexibility index (Phi) is 3.55. The smallest absolute Gasteiger partial charge is 0.124 e. The van der Waals surface area contributed by atoms with Gasteiger partial charge in [-0.1, -0.05) is 36.4 Å². The van der Waals surface area contributed by atoms with Crippen molar-refractivity contribution in [2.24, 2.45) is 4.99 Å². The summed E-state index contributed by atoms with van der Waals surface area (Å²) in [7, 11) is 0. The molecule has 2 heteroatoms. The zero-order chi connectivity index (χ0) is 12.1. The van der Waals surface area contributed by atoms with E-state index in [0.717, 1.165) is 23.2 Å². The van der Waals surface area contributed by atoms with Crippen LogP contribution < -0.4 is 0 Å². The van der Waals surface area contributed by atoms with E-state index in [1.807, 2.05) is 49.4 Å². The van der Waals surface area contributed by atoms with Crippen molar-refractivity contribution in [2.75, 3.05) is 6.54 Å². The predicted octanol–water partition coefficient (Wildman–Crippen LogP) is 3.50. The van der Waals surface area contributed by atoms with Gasteiger partial charge in [0.2, 0.25) is 0 Å². The largest absolute Gasteiger partial charge is 0.507 e. The molecule has 17 heavy (non-hydrogen) atoms. The van der Waals surface area contributed by atoms with Crippen LogP contribution in [0.5, 0.6) is 5.75 Å². The van der Waals surface area contributed by atoms with Crippen molar-refractivity contribution in [2.45, 2.75) is 6.92 Å². The second kappa shape index (κ2) is 5.30. The first kappa shape index (κ1) is 11.4. The molecule has 0 fully saturated rings. The summed E-state index contributed by atoms with van der Waals surface area (Å²) in [4.78, 5) is 4.15. The first-order chi connectivity index (χ1) is 8.31. The Balaban J connectivity index is 2.41. The van der Waals surface area contributed by atoms with Gasteiger partial charge in [-0.15, -0.1) is 0 Å². The van der Waals surface area contributed by atoms with Gasteiger partial charge in [-0.25, -0.2) is 0 Å². The van der Waals surface area contributed by atoms with Crippen molar-refractivity contribution in [1.82, 2.24) is 0 Å². The molecular formula is C15H15NO. The Morgan fingerprint density at radius 1 is 1.06 bits per heavy atom. The first-order valence-electron chi connectivity index (χ1n) is 5.69. The quantitative estimate of drug-likeness (QED) is 0.797. The van der Waals surface area contributed by atoms with Crippen LogP contribution >= 0.6 is 0 Å². The Morgan fingerprint density at radius 2 is 1.82 bits per heavy atom. The molecule has 0 atom stereocenters. The number of aliphatic imine (C=N–C) groups is 1. The predicted molar refractivity (Wildman–Crippen MR) is 71.7 cm³/mol. The van der Waals surface area contributed by atoms with E-state index in [1.54, 1.807) is 12.3 Å². The van der Waals surface area contributed by atoms with E-state index < -0.39 is 0 Å². The fourth-order valence-electron chi connectivity index (χ4n) is 1.66. The molecular weight excluding hydrogens is 210 g/mol. The number of phenols is 1. The van der Waals surface area contributed by atoms with Crippen LogP contribution in [-0.2, 0) is 0 Å². The maximum atomic E-state index is 9.72. The van der Waals surface area contributed by atoms with E-state index in [-0.39, 0.29) is 5.75 Å². The third-order valence-corrected chi connectivity index (χ3v) is 2.55. The van der Waals surface area contributed by atoms with Crippen LogP contribution in [0.3, 0.4) is 0 Å². The lowest BCUT2D eigenvalue weighted by Gasteiger charge is -2.04. The van der Waals surface area contributed by atoms with E-state index in [9.17, 15) is 5.11 Å². The first-order valence-corrected chi connectivity index (χ1v) is 5.69. The normalized spacial score (nSPS) is 10.9. The highest BCUT2D eigenvalue weighted by molar-refractivity contribution is 5.86. The molecule has 2 rings (SSSR count). The van der Waals surface area contributed by atoms with Gasteiger partial charge in [0, 0.05) is 18.3 Å². The van der Waals surface area contributed by atoms with Crippen molar-refractivity contribution < 1.29 is 5.11 Å². The maximum absolute atomic E-state index is 9.72. The summed E-state index contributed by atoms with van der Waals surface area (Å²) in [6, 6.07) is 15.7. The molecule has 0 saturated heterocycles. The molecule has 86 valence electrons. The molecule has 0 aliphatic heterocycles. The van der Waals surface area contributed by atoms with Gasteiger partial charge < -0.3 is 5.11 Å². The molecule has 0 radical (unpaired) electrons. The number of hydrogen-bond donors (Lipinski definition) is 1. The van der Waals surface area contributed by atoms with Crippen LogP contribution in [-0.4, -0.2) is 17.9 Å². The highest BCUT2D eigenvalue weighted by Gasteiger charge is 2.02. The van der Waals surface area contributed by atoms with Gasteiger partial charge in [0.25, 0.3) is 0 Å². The third kappa shape index (κ3) is 2.72. The van der Waals surface area contributed by atoms with Gasteiger partial charge in [-0.3, -0.25) is 4.99 Å². The van der Waals surface area contributed by atoms with E-state index >= 15 is 0 Å². The van der Waals surface area contributed by atoms with E-state index in [4.69, 9.17) is 0 Å². The van der Waals surface area contributed by atoms with Gasteiger partial charge >= 0.3 is 0 Å². The van der Waals surface area contributed by atoms with Gasteiger partial charge in [-0.2, -0.15) is 0 Å². The van der Waals surface area contributed by atoms with Gasteiger partial charge in [0.15, 0.2) is 0 Å². The lowest BCUT2D eigenvalue weighted by Crippen LogP contribution is -1.86. The Hall–Kier alpha value is -2.09. The van der Waals surface area contributed by atoms with Gasteiger partial charge in [0.1, 0.15) is 5.75 Å². The van der Waals surface area contributed by atoms with Crippen molar-refractivity contribution >= 4 is 6.21 Å². The second-order valence-electron chi connectivity index (χ2n) is 3.77. The topological polar surface area (TPSA) is 32.6 Å². The summed E-state index contributed by atoms with van der Waals surface area (Å²) in [5.41, 5.74) is 2.98. The molecule has 0 amide bonds. The minimum Gasteiger partial charge on any atom is -0.507 e. The second-order valence-corrected chi connectivity index (χ2v) is 3.77. The number of hydrogen-bond acceptors (Lipinski definition) is 2. The molecule has 0 aliphatic carbocycles. The molecule has 2 aromatic rings. The zero-order valence-electron chi connectivity index (χ0n) is 9.80. The Labute approximate surface area is 101 Å². The summed E-state index contributed by atoms with van der Waals surface area (Å²) in [5.74, 6) is 0.266.